The molecule has 0 aliphatic carbocycles. The van der Waals surface area contributed by atoms with Gasteiger partial charge in [0.25, 0.3) is 0 Å². The Hall–Kier alpha value is -2.76. The van der Waals surface area contributed by atoms with Gasteiger partial charge in [0.15, 0.2) is 0 Å². The second-order valence-corrected chi connectivity index (χ2v) is 6.16. The second-order valence-electron chi connectivity index (χ2n) is 6.16. The lowest BCUT2D eigenvalue weighted by Crippen LogP contribution is -2.36. The molecular formula is C18H18N2O4. The molecule has 1 aromatic heterocycles. The lowest BCUT2D eigenvalue weighted by molar-refractivity contribution is -0.129. The van der Waals surface area contributed by atoms with Crippen LogP contribution >= 0.6 is 0 Å². The van der Waals surface area contributed by atoms with Crippen molar-refractivity contribution in [1.82, 2.24) is 10.2 Å². The molecule has 0 radical (unpaired) electrons. The van der Waals surface area contributed by atoms with Crippen LogP contribution in [0.1, 0.15) is 23.8 Å². The largest absolute Gasteiger partial charge is 0.491 e. The van der Waals surface area contributed by atoms with Crippen LogP contribution in [-0.4, -0.2) is 29.9 Å². The standard InChI is InChI=1S/C18H18N2O4/c21-17-8-12(9-20(17)10-13-4-3-7-23-13)18(22)19-15-11-24-16-6-2-1-5-14(15)16/h1-7,12,15H,8-11H2,(H,19,22). The highest BCUT2D eigenvalue weighted by molar-refractivity contribution is 5.89. The van der Waals surface area contributed by atoms with Gasteiger partial charge < -0.3 is 19.4 Å². The number of ether oxygens (including phenoxy) is 1. The van der Waals surface area contributed by atoms with Crippen molar-refractivity contribution in [3.05, 3.63) is 54.0 Å². The number of furan rings is 1. The average Bonchev–Trinajstić information content (AvgIpc) is 3.30. The van der Waals surface area contributed by atoms with E-state index in [2.05, 4.69) is 5.32 Å². The number of carbonyl (C=O) groups is 2. The summed E-state index contributed by atoms with van der Waals surface area (Å²) in [5.41, 5.74) is 0.989. The molecule has 6 nitrogen and oxygen atoms in total. The van der Waals surface area contributed by atoms with E-state index in [9.17, 15) is 9.59 Å². The number of para-hydroxylation sites is 1. The lowest BCUT2D eigenvalue weighted by Gasteiger charge is -2.17. The minimum atomic E-state index is -0.333. The van der Waals surface area contributed by atoms with Gasteiger partial charge in [0.1, 0.15) is 18.1 Å². The van der Waals surface area contributed by atoms with Gasteiger partial charge in [-0.25, -0.2) is 0 Å². The van der Waals surface area contributed by atoms with E-state index in [0.29, 0.717) is 19.7 Å². The smallest absolute Gasteiger partial charge is 0.226 e. The summed E-state index contributed by atoms with van der Waals surface area (Å²) in [7, 11) is 0. The minimum Gasteiger partial charge on any atom is -0.491 e. The molecule has 1 saturated heterocycles. The molecule has 124 valence electrons. The Kier molecular flexibility index (Phi) is 3.72. The maximum absolute atomic E-state index is 12.5. The van der Waals surface area contributed by atoms with E-state index in [4.69, 9.17) is 9.15 Å². The molecule has 2 amide bonds. The first-order chi connectivity index (χ1) is 11.7. The molecule has 4 rings (SSSR count). The highest BCUT2D eigenvalue weighted by Gasteiger charge is 2.36. The van der Waals surface area contributed by atoms with Gasteiger partial charge in [-0.3, -0.25) is 9.59 Å². The van der Waals surface area contributed by atoms with Gasteiger partial charge in [-0.15, -0.1) is 0 Å². The highest BCUT2D eigenvalue weighted by Crippen LogP contribution is 2.32. The van der Waals surface area contributed by atoms with E-state index < -0.39 is 0 Å². The minimum absolute atomic E-state index is 0.0189. The lowest BCUT2D eigenvalue weighted by atomic mass is 10.1. The summed E-state index contributed by atoms with van der Waals surface area (Å²) in [5, 5.41) is 3.01. The van der Waals surface area contributed by atoms with Crippen LogP contribution < -0.4 is 10.1 Å². The molecular weight excluding hydrogens is 308 g/mol. The number of amides is 2. The molecule has 6 heteroatoms. The molecule has 2 aromatic rings. The van der Waals surface area contributed by atoms with E-state index in [0.717, 1.165) is 17.1 Å². The number of likely N-dealkylation sites (tertiary alicyclic amines) is 1. The van der Waals surface area contributed by atoms with Gasteiger partial charge in [0, 0.05) is 18.5 Å². The Morgan fingerprint density at radius 2 is 2.12 bits per heavy atom. The van der Waals surface area contributed by atoms with E-state index in [1.807, 2.05) is 30.3 Å². The maximum atomic E-state index is 12.5. The highest BCUT2D eigenvalue weighted by atomic mass is 16.5. The fourth-order valence-electron chi connectivity index (χ4n) is 3.26. The predicted octanol–water partition coefficient (Wildman–Crippen LogP) is 1.88. The number of hydrogen-bond donors (Lipinski definition) is 1. The SMILES string of the molecule is O=C(NC1COc2ccccc21)C1CC(=O)N(Cc2ccco2)C1. The first-order valence-electron chi connectivity index (χ1n) is 8.03. The molecule has 2 unspecified atom stereocenters. The summed E-state index contributed by atoms with van der Waals surface area (Å²) in [4.78, 5) is 26.3. The molecule has 3 heterocycles. The van der Waals surface area contributed by atoms with Gasteiger partial charge in [-0.1, -0.05) is 18.2 Å². The monoisotopic (exact) mass is 326 g/mol. The Balaban J connectivity index is 1.38. The third-order valence-corrected chi connectivity index (χ3v) is 4.53. The number of nitrogens with zero attached hydrogens (tertiary/aromatic N) is 1. The van der Waals surface area contributed by atoms with Crippen LogP contribution in [-0.2, 0) is 16.1 Å². The van der Waals surface area contributed by atoms with Crippen LogP contribution in [0.15, 0.2) is 47.1 Å². The average molecular weight is 326 g/mol. The first kappa shape index (κ1) is 14.8. The summed E-state index contributed by atoms with van der Waals surface area (Å²) >= 11 is 0. The number of benzene rings is 1. The van der Waals surface area contributed by atoms with Crippen LogP contribution in [0.4, 0.5) is 0 Å². The Bertz CT molecular complexity index is 756. The molecule has 2 aliphatic rings. The van der Waals surface area contributed by atoms with Crippen molar-refractivity contribution in [3.63, 3.8) is 0 Å². The molecule has 0 bridgehead atoms. The van der Waals surface area contributed by atoms with Gasteiger partial charge in [0.2, 0.25) is 11.8 Å². The number of carbonyl (C=O) groups excluding carboxylic acids is 2. The molecule has 1 N–H and O–H groups in total. The Morgan fingerprint density at radius 3 is 2.96 bits per heavy atom. The van der Waals surface area contributed by atoms with Crippen molar-refractivity contribution < 1.29 is 18.7 Å². The summed E-state index contributed by atoms with van der Waals surface area (Å²) in [5.74, 6) is 1.08. The van der Waals surface area contributed by atoms with Crippen LogP contribution in [0, 0.1) is 5.92 Å². The van der Waals surface area contributed by atoms with Gasteiger partial charge >= 0.3 is 0 Å². The molecule has 0 saturated carbocycles. The fourth-order valence-corrected chi connectivity index (χ4v) is 3.26. The van der Waals surface area contributed by atoms with Gasteiger partial charge in [-0.2, -0.15) is 0 Å². The quantitative estimate of drug-likeness (QED) is 0.931. The van der Waals surface area contributed by atoms with E-state index in [-0.39, 0.29) is 30.2 Å². The van der Waals surface area contributed by atoms with Gasteiger partial charge in [0.05, 0.1) is 24.8 Å². The number of fused-ring (bicyclic) bond motifs is 1. The topological polar surface area (TPSA) is 71.8 Å². The zero-order valence-corrected chi connectivity index (χ0v) is 13.1. The second kappa shape index (κ2) is 6.03. The number of hydrogen-bond acceptors (Lipinski definition) is 4. The third kappa shape index (κ3) is 2.75. The van der Waals surface area contributed by atoms with Crippen molar-refractivity contribution in [2.24, 2.45) is 5.92 Å². The van der Waals surface area contributed by atoms with Gasteiger partial charge in [-0.05, 0) is 18.2 Å². The molecule has 1 aromatic carbocycles. The first-order valence-corrected chi connectivity index (χ1v) is 8.03. The van der Waals surface area contributed by atoms with Crippen molar-refractivity contribution in [1.29, 1.82) is 0 Å². The van der Waals surface area contributed by atoms with Crippen molar-refractivity contribution in [3.8, 4) is 5.75 Å². The number of nitrogens with one attached hydrogen (secondary N) is 1. The predicted molar refractivity (Wildman–Crippen MR) is 85.1 cm³/mol. The fraction of sp³-hybridized carbons (Fsp3) is 0.333. The third-order valence-electron chi connectivity index (χ3n) is 4.53. The van der Waals surface area contributed by atoms with Crippen molar-refractivity contribution in [2.75, 3.05) is 13.2 Å². The normalized spacial score (nSPS) is 22.3. The van der Waals surface area contributed by atoms with E-state index in [1.165, 1.54) is 0 Å². The molecule has 1 fully saturated rings. The van der Waals surface area contributed by atoms with Crippen LogP contribution in [0.25, 0.3) is 0 Å². The summed E-state index contributed by atoms with van der Waals surface area (Å²) in [6, 6.07) is 11.2. The van der Waals surface area contributed by atoms with E-state index in [1.54, 1.807) is 17.2 Å². The van der Waals surface area contributed by atoms with Crippen molar-refractivity contribution in [2.45, 2.75) is 19.0 Å². The van der Waals surface area contributed by atoms with Crippen LogP contribution in [0.2, 0.25) is 0 Å². The Labute approximate surface area is 139 Å². The van der Waals surface area contributed by atoms with Crippen LogP contribution in [0.5, 0.6) is 5.75 Å². The summed E-state index contributed by atoms with van der Waals surface area (Å²) in [6.07, 6.45) is 1.82. The summed E-state index contributed by atoms with van der Waals surface area (Å²) in [6.45, 7) is 1.26. The summed E-state index contributed by atoms with van der Waals surface area (Å²) < 4.78 is 10.9. The van der Waals surface area contributed by atoms with E-state index >= 15 is 0 Å². The Morgan fingerprint density at radius 1 is 1.25 bits per heavy atom. The van der Waals surface area contributed by atoms with Crippen LogP contribution in [0.3, 0.4) is 0 Å². The maximum Gasteiger partial charge on any atom is 0.226 e. The molecule has 24 heavy (non-hydrogen) atoms. The zero-order valence-electron chi connectivity index (χ0n) is 13.1. The molecule has 2 atom stereocenters. The molecule has 2 aliphatic heterocycles. The molecule has 0 spiro atoms. The number of rotatable bonds is 4. The van der Waals surface area contributed by atoms with Crippen molar-refractivity contribution >= 4 is 11.8 Å². The zero-order chi connectivity index (χ0) is 16.5.